The van der Waals surface area contributed by atoms with Crippen LogP contribution in [0, 0.1) is 11.8 Å². The Hall–Kier alpha value is -3.91. The van der Waals surface area contributed by atoms with Crippen LogP contribution in [0.1, 0.15) is 28.7 Å². The summed E-state index contributed by atoms with van der Waals surface area (Å²) in [5, 5.41) is 44.7. The molecule has 2 aromatic carbocycles. The minimum Gasteiger partial charge on any atom is -0.508 e. The molecule has 1 fully saturated rings. The van der Waals surface area contributed by atoms with Crippen molar-refractivity contribution in [3.8, 4) is 16.9 Å². The van der Waals surface area contributed by atoms with Gasteiger partial charge in [-0.2, -0.15) is 13.2 Å². The maximum Gasteiger partial charge on any atom is 0.417 e. The number of hydrogen-bond donors (Lipinski definition) is 6. The van der Waals surface area contributed by atoms with E-state index in [2.05, 4.69) is 0 Å². The summed E-state index contributed by atoms with van der Waals surface area (Å²) < 4.78 is 41.2. The second kappa shape index (κ2) is 10.1. The molecule has 0 spiro atoms. The smallest absolute Gasteiger partial charge is 0.417 e. The number of amides is 1. The van der Waals surface area contributed by atoms with Crippen molar-refractivity contribution in [1.29, 1.82) is 0 Å². The van der Waals surface area contributed by atoms with Gasteiger partial charge in [0.25, 0.3) is 5.91 Å². The molecule has 8 N–H and O–H groups in total. The fraction of sp³-hybridized carbons (Fsp3) is 0.345. The van der Waals surface area contributed by atoms with Crippen LogP contribution < -0.4 is 11.5 Å². The van der Waals surface area contributed by atoms with Gasteiger partial charge < -0.3 is 31.9 Å². The summed E-state index contributed by atoms with van der Waals surface area (Å²) in [7, 11) is 2.94. The van der Waals surface area contributed by atoms with Gasteiger partial charge in [-0.3, -0.25) is 19.3 Å². The molecule has 1 amide bonds. The Morgan fingerprint density at radius 2 is 1.81 bits per heavy atom. The summed E-state index contributed by atoms with van der Waals surface area (Å²) in [6, 6.07) is 3.33. The number of hydrogen-bond acceptors (Lipinski definition) is 9. The van der Waals surface area contributed by atoms with E-state index in [1.165, 1.54) is 31.1 Å². The van der Waals surface area contributed by atoms with Gasteiger partial charge in [0.1, 0.15) is 22.8 Å². The van der Waals surface area contributed by atoms with Crippen LogP contribution >= 0.6 is 11.6 Å². The Kier molecular flexibility index (Phi) is 7.16. The van der Waals surface area contributed by atoms with Crippen molar-refractivity contribution in [1.82, 2.24) is 4.90 Å². The average Bonchev–Trinajstić information content (AvgIpc) is 2.90. The van der Waals surface area contributed by atoms with Crippen molar-refractivity contribution >= 4 is 34.8 Å². The lowest BCUT2D eigenvalue weighted by Gasteiger charge is -2.50. The molecule has 43 heavy (non-hydrogen) atoms. The van der Waals surface area contributed by atoms with Gasteiger partial charge in [-0.05, 0) is 67.7 Å². The molecule has 5 rings (SSSR count). The monoisotopic (exact) mass is 621 g/mol. The highest BCUT2D eigenvalue weighted by molar-refractivity contribution is 6.31. The maximum absolute atomic E-state index is 14.0. The zero-order valence-corrected chi connectivity index (χ0v) is 23.5. The normalized spacial score (nSPS) is 25.6. The van der Waals surface area contributed by atoms with E-state index in [1.54, 1.807) is 0 Å². The van der Waals surface area contributed by atoms with Crippen molar-refractivity contribution in [2.24, 2.45) is 23.3 Å². The van der Waals surface area contributed by atoms with Crippen molar-refractivity contribution in [3.63, 3.8) is 0 Å². The number of rotatable bonds is 4. The molecule has 0 bridgehead atoms. The topological polar surface area (TPSA) is 187 Å². The molecule has 0 unspecified atom stereocenters. The van der Waals surface area contributed by atoms with Crippen molar-refractivity contribution < 1.29 is 48.0 Å². The molecule has 4 atom stereocenters. The Balaban J connectivity index is 1.78. The van der Waals surface area contributed by atoms with E-state index in [-0.39, 0.29) is 47.2 Å². The third-order valence-corrected chi connectivity index (χ3v) is 8.93. The van der Waals surface area contributed by atoms with Crippen molar-refractivity contribution in [2.45, 2.75) is 37.2 Å². The van der Waals surface area contributed by atoms with Crippen LogP contribution in [-0.2, 0) is 33.5 Å². The lowest BCUT2D eigenvalue weighted by Crippen LogP contribution is -2.65. The van der Waals surface area contributed by atoms with Crippen LogP contribution in [-0.4, -0.2) is 68.5 Å². The summed E-state index contributed by atoms with van der Waals surface area (Å²) in [4.78, 5) is 40.8. The SMILES string of the molecule is CN(C)[C@@H]1C(=O)C(C(N)=O)=C(O)[C@@]2(O)C(=O)C3=C(O)c4c(O)c(CN)cc(-c5ccc(Cl)c(C(F)(F)F)c5)c4C[C@H]3C[C@@H]12. The van der Waals surface area contributed by atoms with E-state index in [4.69, 9.17) is 23.1 Å². The number of carbonyl (C=O) groups excluding carboxylic acids is 3. The van der Waals surface area contributed by atoms with Crippen molar-refractivity contribution in [2.75, 3.05) is 14.1 Å². The molecule has 2 aromatic rings. The molecule has 3 aliphatic rings. The highest BCUT2D eigenvalue weighted by Gasteiger charge is 2.64. The molecule has 14 heteroatoms. The van der Waals surface area contributed by atoms with Gasteiger partial charge in [-0.1, -0.05) is 17.7 Å². The van der Waals surface area contributed by atoms with Crippen molar-refractivity contribution in [3.05, 3.63) is 68.4 Å². The number of alkyl halides is 3. The number of carbonyl (C=O) groups is 3. The lowest BCUT2D eigenvalue weighted by atomic mass is 9.57. The minimum absolute atomic E-state index is 0.0393. The van der Waals surface area contributed by atoms with E-state index in [9.17, 15) is 48.0 Å². The average molecular weight is 622 g/mol. The maximum atomic E-state index is 14.0. The molecule has 3 aliphatic carbocycles. The predicted molar refractivity (Wildman–Crippen MR) is 148 cm³/mol. The van der Waals surface area contributed by atoms with Gasteiger partial charge >= 0.3 is 6.18 Å². The first-order valence-corrected chi connectivity index (χ1v) is 13.4. The highest BCUT2D eigenvalue weighted by atomic mass is 35.5. The standard InChI is InChI=1S/C29H27ClF3N3O7/c1-36(2)21-16-8-11-5-14-13(10-3-4-17(30)15(7-10)29(31,32)33)6-12(9-34)22(37)19(14)23(38)18(11)25(40)28(16,43)26(41)20(24(21)39)27(35)42/h3-4,6-7,11,16,21,37-38,41,43H,5,8-9,34H2,1-2H3,(H2,35,42)/t11-,16-,21-,28-/m0/s1. The number of phenols is 1. The molecule has 10 nitrogen and oxygen atoms in total. The number of benzene rings is 2. The van der Waals surface area contributed by atoms with Gasteiger partial charge in [0, 0.05) is 23.6 Å². The molecule has 0 radical (unpaired) electrons. The van der Waals surface area contributed by atoms with Crippen LogP contribution in [0.4, 0.5) is 13.2 Å². The largest absolute Gasteiger partial charge is 0.508 e. The second-order valence-corrected chi connectivity index (χ2v) is 11.6. The van der Waals surface area contributed by atoms with E-state index in [0.717, 1.165) is 12.1 Å². The van der Waals surface area contributed by atoms with E-state index >= 15 is 0 Å². The highest BCUT2D eigenvalue weighted by Crippen LogP contribution is 2.54. The zero-order valence-electron chi connectivity index (χ0n) is 22.8. The van der Waals surface area contributed by atoms with E-state index in [1.807, 2.05) is 0 Å². The molecular formula is C29H27ClF3N3O7. The van der Waals surface area contributed by atoms with Crippen LogP contribution in [0.3, 0.4) is 0 Å². The van der Waals surface area contributed by atoms with Gasteiger partial charge in [0.05, 0.1) is 22.2 Å². The summed E-state index contributed by atoms with van der Waals surface area (Å²) in [5.74, 6) is -8.24. The first kappa shape index (κ1) is 30.5. The van der Waals surface area contributed by atoms with Crippen LogP contribution in [0.5, 0.6) is 5.75 Å². The number of likely N-dealkylation sites (N-methyl/N-ethyl adjacent to an activating group) is 1. The first-order valence-electron chi connectivity index (χ1n) is 13.1. The van der Waals surface area contributed by atoms with Gasteiger partial charge in [0.2, 0.25) is 5.78 Å². The Bertz CT molecular complexity index is 1680. The number of aliphatic hydroxyl groups excluding tert-OH is 2. The molecule has 1 saturated carbocycles. The number of phenolic OH excluding ortho intramolecular Hbond substituents is 1. The Morgan fingerprint density at radius 1 is 1.16 bits per heavy atom. The van der Waals surface area contributed by atoms with Gasteiger partial charge in [0.15, 0.2) is 11.4 Å². The number of Topliss-reactive ketones (excluding diaryl/α,β-unsaturated/α-hetero) is 2. The second-order valence-electron chi connectivity index (χ2n) is 11.1. The summed E-state index contributed by atoms with van der Waals surface area (Å²) >= 11 is 5.82. The molecular weight excluding hydrogens is 595 g/mol. The Labute approximate surface area is 247 Å². The van der Waals surface area contributed by atoms with Gasteiger partial charge in [-0.25, -0.2) is 0 Å². The van der Waals surface area contributed by atoms with Crippen LogP contribution in [0.2, 0.25) is 5.02 Å². The number of ketones is 2. The molecule has 228 valence electrons. The fourth-order valence-electron chi connectivity index (χ4n) is 6.69. The molecule has 0 aromatic heterocycles. The summed E-state index contributed by atoms with van der Waals surface area (Å²) in [6.07, 6.45) is -5.09. The summed E-state index contributed by atoms with van der Waals surface area (Å²) in [5.41, 5.74) is 6.02. The number of nitrogens with two attached hydrogens (primary N) is 2. The zero-order chi connectivity index (χ0) is 31.9. The van der Waals surface area contributed by atoms with Gasteiger partial charge in [-0.15, -0.1) is 0 Å². The van der Waals surface area contributed by atoms with E-state index in [0.29, 0.717) is 0 Å². The first-order chi connectivity index (χ1) is 20.0. The lowest BCUT2D eigenvalue weighted by molar-refractivity contribution is -0.153. The predicted octanol–water partition coefficient (Wildman–Crippen LogP) is 2.76. The minimum atomic E-state index is -4.79. The third-order valence-electron chi connectivity index (χ3n) is 8.60. The number of aromatic hydroxyl groups is 1. The molecule has 0 aliphatic heterocycles. The third kappa shape index (κ3) is 4.33. The van der Waals surface area contributed by atoms with Crippen LogP contribution in [0.15, 0.2) is 41.2 Å². The number of halogens is 4. The van der Waals surface area contributed by atoms with Crippen LogP contribution in [0.25, 0.3) is 16.9 Å². The number of fused-ring (bicyclic) bond motifs is 3. The number of nitrogens with zero attached hydrogens (tertiary/aromatic N) is 1. The Morgan fingerprint density at radius 3 is 2.37 bits per heavy atom. The molecule has 0 saturated heterocycles. The fourth-order valence-corrected chi connectivity index (χ4v) is 6.92. The summed E-state index contributed by atoms with van der Waals surface area (Å²) in [6.45, 7) is -0.296. The number of aliphatic hydroxyl groups is 3. The molecule has 0 heterocycles. The van der Waals surface area contributed by atoms with E-state index < -0.39 is 86.1 Å². The quantitative estimate of drug-likeness (QED) is 0.279. The number of primary amides is 1.